The fourth-order valence-electron chi connectivity index (χ4n) is 1.06. The topological polar surface area (TPSA) is 22.1 Å². The van der Waals surface area contributed by atoms with Gasteiger partial charge in [-0.05, 0) is 46.9 Å². The van der Waals surface area contributed by atoms with Crippen LogP contribution in [0.1, 0.15) is 2.85 Å². The Morgan fingerprint density at radius 3 is 2.40 bits per heavy atom. The second-order valence-corrected chi connectivity index (χ2v) is 3.88. The van der Waals surface area contributed by atoms with Crippen molar-refractivity contribution >= 4 is 45.6 Å². The third kappa shape index (κ3) is 3.62. The Balaban J connectivity index is 0. The van der Waals surface area contributed by atoms with Crippen LogP contribution < -0.4 is 4.74 Å². The summed E-state index contributed by atoms with van der Waals surface area (Å²) in [5.74, 6) is 1.68. The van der Waals surface area contributed by atoms with Gasteiger partial charge in [-0.3, -0.25) is 4.98 Å². The van der Waals surface area contributed by atoms with Crippen LogP contribution in [-0.2, 0) is 0 Å². The van der Waals surface area contributed by atoms with Crippen LogP contribution in [0.25, 0.3) is 0 Å². The van der Waals surface area contributed by atoms with E-state index in [4.69, 9.17) is 4.74 Å². The van der Waals surface area contributed by atoms with E-state index in [0.717, 1.165) is 15.1 Å². The number of hydrogen-bond donors (Lipinski definition) is 0. The van der Waals surface area contributed by atoms with Crippen LogP contribution in [0.5, 0.6) is 11.5 Å². The molecule has 2 nitrogen and oxygen atoms in total. The van der Waals surface area contributed by atoms with E-state index < -0.39 is 0 Å². The zero-order valence-electron chi connectivity index (χ0n) is 10.1. The Bertz CT molecular complexity index is 431. The van der Waals surface area contributed by atoms with Crippen LogP contribution in [0.3, 0.4) is 0 Å². The molecule has 15 heavy (non-hydrogen) atoms. The summed E-state index contributed by atoms with van der Waals surface area (Å²) in [7, 11) is 0. The van der Waals surface area contributed by atoms with E-state index >= 15 is 0 Å². The molecule has 74 valence electrons. The molecule has 2 rings (SSSR count). The molecule has 0 bridgehead atoms. The van der Waals surface area contributed by atoms with Gasteiger partial charge in [0.15, 0.2) is 0 Å². The third-order valence-corrected chi connectivity index (χ3v) is 2.61. The maximum Gasteiger partial charge on any atom is 2.00 e. The molecule has 0 saturated heterocycles. The molecular formula is C11H10IMgNO. The normalized spacial score (nSPS) is 9.13. The number of aromatic nitrogens is 1. The van der Waals surface area contributed by atoms with Crippen LogP contribution in [0, 0.1) is 3.57 Å². The summed E-state index contributed by atoms with van der Waals surface area (Å²) in [5.41, 5.74) is 0. The van der Waals surface area contributed by atoms with Gasteiger partial charge < -0.3 is 7.59 Å². The van der Waals surface area contributed by atoms with Gasteiger partial charge in [0.05, 0.1) is 3.57 Å². The predicted octanol–water partition coefficient (Wildman–Crippen LogP) is 3.32. The first-order valence-electron chi connectivity index (χ1n) is 4.18. The van der Waals surface area contributed by atoms with Crippen molar-refractivity contribution in [2.24, 2.45) is 0 Å². The standard InChI is InChI=1S/C11H8INO.Mg.2H/c12-10-3-1-2-4-11(10)14-9-5-7-13-8-6-9;;;/h1-8H;;;/q;+2;2*-1. The smallest absolute Gasteiger partial charge is 1.00 e. The zero-order chi connectivity index (χ0) is 9.80. The van der Waals surface area contributed by atoms with E-state index in [9.17, 15) is 0 Å². The summed E-state index contributed by atoms with van der Waals surface area (Å²) in [5, 5.41) is 0. The number of rotatable bonds is 2. The molecule has 0 unspecified atom stereocenters. The van der Waals surface area contributed by atoms with Crippen LogP contribution in [-0.4, -0.2) is 28.0 Å². The first-order valence-corrected chi connectivity index (χ1v) is 5.26. The Labute approximate surface area is 121 Å². The van der Waals surface area contributed by atoms with Gasteiger partial charge in [0.1, 0.15) is 11.5 Å². The molecule has 0 spiro atoms. The van der Waals surface area contributed by atoms with E-state index in [2.05, 4.69) is 27.6 Å². The van der Waals surface area contributed by atoms with Crippen molar-refractivity contribution in [3.05, 3.63) is 52.4 Å². The van der Waals surface area contributed by atoms with Gasteiger partial charge in [0.25, 0.3) is 0 Å². The maximum absolute atomic E-state index is 5.66. The van der Waals surface area contributed by atoms with Gasteiger partial charge in [-0.25, -0.2) is 0 Å². The Kier molecular flexibility index (Phi) is 5.34. The summed E-state index contributed by atoms with van der Waals surface area (Å²) < 4.78 is 6.76. The average Bonchev–Trinajstić information content (AvgIpc) is 2.23. The van der Waals surface area contributed by atoms with Crippen LogP contribution >= 0.6 is 22.6 Å². The molecule has 2 aromatic rings. The van der Waals surface area contributed by atoms with Crippen LogP contribution in [0.15, 0.2) is 48.8 Å². The van der Waals surface area contributed by atoms with E-state index in [1.807, 2.05) is 36.4 Å². The summed E-state index contributed by atoms with van der Waals surface area (Å²) in [4.78, 5) is 3.93. The minimum atomic E-state index is 0. The minimum Gasteiger partial charge on any atom is -1.00 e. The zero-order valence-corrected chi connectivity index (χ0v) is 11.6. The molecule has 0 atom stereocenters. The van der Waals surface area contributed by atoms with Gasteiger partial charge in [0.2, 0.25) is 0 Å². The maximum atomic E-state index is 5.66. The van der Waals surface area contributed by atoms with E-state index in [0.29, 0.717) is 0 Å². The molecular weight excluding hydrogens is 313 g/mol. The second-order valence-electron chi connectivity index (χ2n) is 2.72. The van der Waals surface area contributed by atoms with Crippen LogP contribution in [0.2, 0.25) is 0 Å². The monoisotopic (exact) mass is 323 g/mol. The number of pyridine rings is 1. The number of halogens is 1. The summed E-state index contributed by atoms with van der Waals surface area (Å²) >= 11 is 2.25. The molecule has 4 heteroatoms. The molecule has 0 aliphatic carbocycles. The average molecular weight is 323 g/mol. The Hall–Kier alpha value is -0.334. The van der Waals surface area contributed by atoms with Crippen molar-refractivity contribution in [2.45, 2.75) is 0 Å². The molecule has 1 heterocycles. The molecule has 0 amide bonds. The Morgan fingerprint density at radius 1 is 1.07 bits per heavy atom. The number of ether oxygens (including phenoxy) is 1. The third-order valence-electron chi connectivity index (χ3n) is 1.71. The van der Waals surface area contributed by atoms with Gasteiger partial charge in [-0.15, -0.1) is 0 Å². The first kappa shape index (κ1) is 12.7. The summed E-state index contributed by atoms with van der Waals surface area (Å²) in [6.07, 6.45) is 3.43. The van der Waals surface area contributed by atoms with Gasteiger partial charge >= 0.3 is 23.1 Å². The molecule has 0 saturated carbocycles. The molecule has 0 aliphatic rings. The SMILES string of the molecule is Ic1ccccc1Oc1ccncc1.[H-].[H-].[Mg+2]. The van der Waals surface area contributed by atoms with Crippen molar-refractivity contribution in [1.82, 2.24) is 4.98 Å². The fraction of sp³-hybridized carbons (Fsp3) is 0. The minimum absolute atomic E-state index is 0. The molecule has 0 fully saturated rings. The quantitative estimate of drug-likeness (QED) is 0.625. The predicted molar refractivity (Wildman–Crippen MR) is 71.4 cm³/mol. The Morgan fingerprint density at radius 2 is 1.73 bits per heavy atom. The largest absolute Gasteiger partial charge is 2.00 e. The van der Waals surface area contributed by atoms with E-state index in [1.54, 1.807) is 12.4 Å². The van der Waals surface area contributed by atoms with Crippen molar-refractivity contribution in [2.75, 3.05) is 0 Å². The van der Waals surface area contributed by atoms with E-state index in [-0.39, 0.29) is 25.9 Å². The molecule has 0 N–H and O–H groups in total. The van der Waals surface area contributed by atoms with Gasteiger partial charge in [0, 0.05) is 12.4 Å². The van der Waals surface area contributed by atoms with Gasteiger partial charge in [-0.2, -0.15) is 0 Å². The second kappa shape index (κ2) is 6.29. The number of hydrogen-bond acceptors (Lipinski definition) is 2. The number of benzene rings is 1. The number of nitrogens with zero attached hydrogens (tertiary/aromatic N) is 1. The first-order chi connectivity index (χ1) is 6.86. The van der Waals surface area contributed by atoms with Crippen molar-refractivity contribution in [1.29, 1.82) is 0 Å². The van der Waals surface area contributed by atoms with Crippen LogP contribution in [0.4, 0.5) is 0 Å². The molecule has 1 aromatic carbocycles. The van der Waals surface area contributed by atoms with Gasteiger partial charge in [-0.1, -0.05) is 12.1 Å². The van der Waals surface area contributed by atoms with Crippen molar-refractivity contribution in [3.8, 4) is 11.5 Å². The molecule has 1 aromatic heterocycles. The van der Waals surface area contributed by atoms with Crippen molar-refractivity contribution in [3.63, 3.8) is 0 Å². The molecule has 0 radical (unpaired) electrons. The number of para-hydroxylation sites is 1. The molecule has 0 aliphatic heterocycles. The summed E-state index contributed by atoms with van der Waals surface area (Å²) in [6, 6.07) is 11.6. The fourth-order valence-corrected chi connectivity index (χ4v) is 1.56. The van der Waals surface area contributed by atoms with E-state index in [1.165, 1.54) is 0 Å². The van der Waals surface area contributed by atoms with Crippen molar-refractivity contribution < 1.29 is 7.59 Å². The summed E-state index contributed by atoms with van der Waals surface area (Å²) in [6.45, 7) is 0.